The molecule has 0 heterocycles. The van der Waals surface area contributed by atoms with Gasteiger partial charge in [-0.1, -0.05) is 239 Å². The van der Waals surface area contributed by atoms with Crippen LogP contribution >= 0.6 is 0 Å². The van der Waals surface area contributed by atoms with Crippen molar-refractivity contribution in [3.63, 3.8) is 0 Å². The van der Waals surface area contributed by atoms with Gasteiger partial charge in [-0.05, 0) is 12.8 Å². The Labute approximate surface area is 304 Å². The minimum absolute atomic E-state index is 0.0531. The van der Waals surface area contributed by atoms with Crippen LogP contribution in [-0.2, 0) is 9.47 Å². The van der Waals surface area contributed by atoms with Crippen molar-refractivity contribution in [2.75, 3.05) is 33.0 Å². The fourth-order valence-electron chi connectivity index (χ4n) is 7.01. The van der Waals surface area contributed by atoms with Gasteiger partial charge in [-0.25, -0.2) is 0 Å². The highest BCUT2D eigenvalue weighted by Crippen LogP contribution is 2.18. The fraction of sp³-hybridized carbons (Fsp3) is 1.00. The first-order valence-corrected chi connectivity index (χ1v) is 22.5. The summed E-state index contributed by atoms with van der Waals surface area (Å²) in [7, 11) is 0. The van der Waals surface area contributed by atoms with Crippen LogP contribution in [0.25, 0.3) is 0 Å². The molecule has 0 aromatic rings. The Balaban J connectivity index is 3.34. The summed E-state index contributed by atoms with van der Waals surface area (Å²) in [5.41, 5.74) is 6.06. The summed E-state index contributed by atoms with van der Waals surface area (Å²) in [6, 6.07) is 0. The van der Waals surface area contributed by atoms with Gasteiger partial charge in [-0.2, -0.15) is 0 Å². The molecule has 290 valence electrons. The topological polar surface area (TPSA) is 44.5 Å². The van der Waals surface area contributed by atoms with Crippen molar-refractivity contribution < 1.29 is 9.47 Å². The van der Waals surface area contributed by atoms with Crippen LogP contribution in [0.4, 0.5) is 0 Å². The fourth-order valence-corrected chi connectivity index (χ4v) is 7.01. The Bertz CT molecular complexity index is 523. The largest absolute Gasteiger partial charge is 0.381 e. The zero-order chi connectivity index (χ0) is 34.9. The van der Waals surface area contributed by atoms with E-state index in [-0.39, 0.29) is 5.41 Å². The van der Waals surface area contributed by atoms with E-state index in [1.54, 1.807) is 0 Å². The first-order chi connectivity index (χ1) is 23.7. The third-order valence-corrected chi connectivity index (χ3v) is 10.7. The van der Waals surface area contributed by atoms with Gasteiger partial charge < -0.3 is 15.2 Å². The summed E-state index contributed by atoms with van der Waals surface area (Å²) >= 11 is 0. The van der Waals surface area contributed by atoms with Gasteiger partial charge in [0.15, 0.2) is 0 Å². The van der Waals surface area contributed by atoms with Crippen molar-refractivity contribution in [1.82, 2.24) is 0 Å². The minimum atomic E-state index is -0.0531. The van der Waals surface area contributed by atoms with E-state index in [4.69, 9.17) is 15.2 Å². The third kappa shape index (κ3) is 38.7. The van der Waals surface area contributed by atoms with Crippen molar-refractivity contribution in [3.05, 3.63) is 0 Å². The Morgan fingerprint density at radius 3 is 0.688 bits per heavy atom. The van der Waals surface area contributed by atoms with E-state index in [0.717, 1.165) is 26.4 Å². The highest BCUT2D eigenvalue weighted by molar-refractivity contribution is 4.74. The number of rotatable bonds is 43. The van der Waals surface area contributed by atoms with Crippen molar-refractivity contribution in [3.8, 4) is 0 Å². The summed E-state index contributed by atoms with van der Waals surface area (Å²) < 4.78 is 12.1. The molecule has 3 nitrogen and oxygen atoms in total. The van der Waals surface area contributed by atoms with Gasteiger partial charge in [-0.15, -0.1) is 0 Å². The molecule has 0 unspecified atom stereocenters. The predicted molar refractivity (Wildman–Crippen MR) is 216 cm³/mol. The standard InChI is InChI=1S/C45H93NO2/c1-4-6-8-10-12-14-16-18-20-22-24-26-28-30-32-34-36-38-40-47-43-45(3,42-46)44-48-41-39-37-35-33-31-29-27-25-23-21-19-17-15-13-11-9-7-5-2/h4-44,46H2,1-3H3. The maximum Gasteiger partial charge on any atom is 0.0553 e. The number of hydrogen-bond donors (Lipinski definition) is 1. The molecule has 0 aliphatic heterocycles. The molecule has 0 atom stereocenters. The Hall–Kier alpha value is -0.120. The van der Waals surface area contributed by atoms with Gasteiger partial charge in [0.1, 0.15) is 0 Å². The van der Waals surface area contributed by atoms with E-state index >= 15 is 0 Å². The highest BCUT2D eigenvalue weighted by Gasteiger charge is 2.23. The molecular weight excluding hydrogens is 587 g/mol. The summed E-state index contributed by atoms with van der Waals surface area (Å²) in [4.78, 5) is 0. The quantitative estimate of drug-likeness (QED) is 0.0652. The van der Waals surface area contributed by atoms with Gasteiger partial charge in [0.2, 0.25) is 0 Å². The highest BCUT2D eigenvalue weighted by atomic mass is 16.5. The maximum atomic E-state index is 6.12. The Morgan fingerprint density at radius 1 is 0.312 bits per heavy atom. The molecular formula is C45H93NO2. The number of unbranched alkanes of at least 4 members (excludes halogenated alkanes) is 34. The summed E-state index contributed by atoms with van der Waals surface area (Å²) in [5, 5.41) is 0. The molecule has 0 bridgehead atoms. The molecule has 0 spiro atoms. The van der Waals surface area contributed by atoms with Crippen LogP contribution < -0.4 is 5.73 Å². The third-order valence-electron chi connectivity index (χ3n) is 10.7. The molecule has 0 aliphatic rings. The molecule has 0 aromatic heterocycles. The average molecular weight is 680 g/mol. The summed E-state index contributed by atoms with van der Waals surface area (Å²) in [6.45, 7) is 10.6. The van der Waals surface area contributed by atoms with Crippen molar-refractivity contribution in [2.24, 2.45) is 11.1 Å². The average Bonchev–Trinajstić information content (AvgIpc) is 3.10. The minimum Gasteiger partial charge on any atom is -0.381 e. The lowest BCUT2D eigenvalue weighted by molar-refractivity contribution is -0.0100. The van der Waals surface area contributed by atoms with Gasteiger partial charge in [0.05, 0.1) is 13.2 Å². The molecule has 0 saturated carbocycles. The predicted octanol–water partition coefficient (Wildman–Crippen LogP) is 15.1. The van der Waals surface area contributed by atoms with Crippen molar-refractivity contribution >= 4 is 0 Å². The molecule has 0 amide bonds. The normalized spacial score (nSPS) is 12.0. The second kappa shape index (κ2) is 41.3. The van der Waals surface area contributed by atoms with Gasteiger partial charge in [0, 0.05) is 25.2 Å². The summed E-state index contributed by atoms with van der Waals surface area (Å²) in [5.74, 6) is 0. The van der Waals surface area contributed by atoms with Crippen LogP contribution in [0.15, 0.2) is 0 Å². The van der Waals surface area contributed by atoms with Crippen LogP contribution in [0.1, 0.15) is 252 Å². The van der Waals surface area contributed by atoms with Crippen LogP contribution in [-0.4, -0.2) is 33.0 Å². The second-order valence-corrected chi connectivity index (χ2v) is 16.1. The molecule has 0 saturated heterocycles. The van der Waals surface area contributed by atoms with E-state index in [9.17, 15) is 0 Å². The Morgan fingerprint density at radius 2 is 0.500 bits per heavy atom. The Kier molecular flexibility index (Phi) is 41.2. The molecule has 3 heteroatoms. The molecule has 0 radical (unpaired) electrons. The lowest BCUT2D eigenvalue weighted by Gasteiger charge is -2.27. The lowest BCUT2D eigenvalue weighted by Crippen LogP contribution is -2.37. The zero-order valence-corrected chi connectivity index (χ0v) is 33.9. The number of hydrogen-bond acceptors (Lipinski definition) is 3. The number of ether oxygens (including phenoxy) is 2. The van der Waals surface area contributed by atoms with E-state index in [1.807, 2.05) is 0 Å². The van der Waals surface area contributed by atoms with Crippen molar-refractivity contribution in [2.45, 2.75) is 252 Å². The van der Waals surface area contributed by atoms with Crippen LogP contribution in [0, 0.1) is 5.41 Å². The molecule has 0 aromatic carbocycles. The maximum absolute atomic E-state index is 6.12. The van der Waals surface area contributed by atoms with E-state index < -0.39 is 0 Å². The zero-order valence-electron chi connectivity index (χ0n) is 33.9. The summed E-state index contributed by atoms with van der Waals surface area (Å²) in [6.07, 6.45) is 50.9. The van der Waals surface area contributed by atoms with Gasteiger partial charge >= 0.3 is 0 Å². The molecule has 48 heavy (non-hydrogen) atoms. The molecule has 0 rings (SSSR count). The van der Waals surface area contributed by atoms with E-state index in [2.05, 4.69) is 20.8 Å². The van der Waals surface area contributed by atoms with Gasteiger partial charge in [-0.3, -0.25) is 0 Å². The monoisotopic (exact) mass is 680 g/mol. The smallest absolute Gasteiger partial charge is 0.0553 e. The first kappa shape index (κ1) is 47.9. The SMILES string of the molecule is CCCCCCCCCCCCCCCCCCCCOCC(C)(CN)COCCCCCCCCCCCCCCCCCCCC. The van der Waals surface area contributed by atoms with Crippen LogP contribution in [0.2, 0.25) is 0 Å². The second-order valence-electron chi connectivity index (χ2n) is 16.1. The lowest BCUT2D eigenvalue weighted by atomic mass is 9.93. The molecule has 0 aliphatic carbocycles. The van der Waals surface area contributed by atoms with E-state index in [1.165, 1.54) is 231 Å². The molecule has 0 fully saturated rings. The first-order valence-electron chi connectivity index (χ1n) is 22.5. The number of nitrogens with two attached hydrogens (primary N) is 1. The van der Waals surface area contributed by atoms with Crippen LogP contribution in [0.3, 0.4) is 0 Å². The van der Waals surface area contributed by atoms with Gasteiger partial charge in [0.25, 0.3) is 0 Å². The van der Waals surface area contributed by atoms with Crippen molar-refractivity contribution in [1.29, 1.82) is 0 Å². The van der Waals surface area contributed by atoms with E-state index in [0.29, 0.717) is 6.54 Å². The van der Waals surface area contributed by atoms with Crippen LogP contribution in [0.5, 0.6) is 0 Å². The molecule has 2 N–H and O–H groups in total.